The van der Waals surface area contributed by atoms with E-state index in [0.717, 1.165) is 32.1 Å². The van der Waals surface area contributed by atoms with Crippen molar-refractivity contribution >= 4 is 11.8 Å². The number of ether oxygens (including phenoxy) is 2. The van der Waals surface area contributed by atoms with Crippen LogP contribution >= 0.6 is 0 Å². The molecule has 2 fully saturated rings. The molecule has 0 radical (unpaired) electrons. The van der Waals surface area contributed by atoms with Gasteiger partial charge in [-0.25, -0.2) is 0 Å². The van der Waals surface area contributed by atoms with Crippen LogP contribution in [0, 0.1) is 30.1 Å². The van der Waals surface area contributed by atoms with E-state index in [1.807, 2.05) is 12.2 Å². The number of ketones is 1. The Morgan fingerprint density at radius 1 is 1.17 bits per heavy atom. The standard InChI is InChI=1S/C24H34O5/c1-3-5-8-11-20(25)14-15-21-19(4-2)18-24(28-16-17-29-24)22(21)12-9-6-7-10-13-23(26)27/h2,6,9,14-15,19,21-22H,3,5,7-8,10-13,16-18H2,1H3,(H,26,27)/t19-,21+,22-/m0/s1. The number of aliphatic carboxylic acids is 1. The average molecular weight is 403 g/mol. The molecule has 1 aliphatic carbocycles. The molecule has 1 aliphatic heterocycles. The number of carbonyl (C=O) groups is 2. The molecular weight excluding hydrogens is 368 g/mol. The molecule has 0 aromatic heterocycles. The molecule has 1 saturated carbocycles. The predicted octanol–water partition coefficient (Wildman–Crippen LogP) is 4.52. The maximum absolute atomic E-state index is 12.2. The molecular formula is C24H34O5. The van der Waals surface area contributed by atoms with E-state index in [1.165, 1.54) is 0 Å². The van der Waals surface area contributed by atoms with Crippen molar-refractivity contribution in [3.8, 4) is 12.3 Å². The van der Waals surface area contributed by atoms with Gasteiger partial charge in [0.15, 0.2) is 11.6 Å². The molecule has 1 saturated heterocycles. The molecule has 3 atom stereocenters. The van der Waals surface area contributed by atoms with Crippen molar-refractivity contribution in [1.82, 2.24) is 0 Å². The van der Waals surface area contributed by atoms with Gasteiger partial charge in [0.25, 0.3) is 0 Å². The van der Waals surface area contributed by atoms with Gasteiger partial charge in [0, 0.05) is 31.1 Å². The van der Waals surface area contributed by atoms with Crippen molar-refractivity contribution in [3.63, 3.8) is 0 Å². The number of rotatable bonds is 12. The molecule has 1 spiro atoms. The lowest BCUT2D eigenvalue weighted by Crippen LogP contribution is -2.36. The first kappa shape index (κ1) is 23.4. The third-order valence-corrected chi connectivity index (χ3v) is 5.84. The summed E-state index contributed by atoms with van der Waals surface area (Å²) in [7, 11) is 0. The highest BCUT2D eigenvalue weighted by Crippen LogP contribution is 2.51. The third kappa shape index (κ3) is 6.83. The van der Waals surface area contributed by atoms with Gasteiger partial charge >= 0.3 is 5.97 Å². The number of carbonyl (C=O) groups excluding carboxylic acids is 1. The molecule has 5 nitrogen and oxygen atoms in total. The second kappa shape index (κ2) is 11.9. The zero-order valence-electron chi connectivity index (χ0n) is 17.5. The van der Waals surface area contributed by atoms with Gasteiger partial charge in [0.2, 0.25) is 0 Å². The Labute approximate surface area is 174 Å². The van der Waals surface area contributed by atoms with Crippen molar-refractivity contribution in [2.24, 2.45) is 17.8 Å². The minimum atomic E-state index is -0.772. The van der Waals surface area contributed by atoms with Crippen LogP contribution in [0.4, 0.5) is 0 Å². The normalized spacial score (nSPS) is 25.9. The number of unbranched alkanes of at least 4 members (excludes halogenated alkanes) is 3. The minimum Gasteiger partial charge on any atom is -0.481 e. The van der Waals surface area contributed by atoms with E-state index in [9.17, 15) is 9.59 Å². The Bertz CT molecular complexity index is 636. The summed E-state index contributed by atoms with van der Waals surface area (Å²) in [6, 6.07) is 0. The summed E-state index contributed by atoms with van der Waals surface area (Å²) in [6.45, 7) is 3.24. The highest BCUT2D eigenvalue weighted by Gasteiger charge is 2.55. The lowest BCUT2D eigenvalue weighted by molar-refractivity contribution is -0.184. The molecule has 5 heteroatoms. The molecule has 0 bridgehead atoms. The van der Waals surface area contributed by atoms with Gasteiger partial charge in [-0.3, -0.25) is 9.59 Å². The first-order chi connectivity index (χ1) is 14.0. The fourth-order valence-corrected chi connectivity index (χ4v) is 4.33. The van der Waals surface area contributed by atoms with E-state index in [-0.39, 0.29) is 30.0 Å². The van der Waals surface area contributed by atoms with Crippen molar-refractivity contribution in [3.05, 3.63) is 24.3 Å². The predicted molar refractivity (Wildman–Crippen MR) is 112 cm³/mol. The van der Waals surface area contributed by atoms with Gasteiger partial charge in [0.05, 0.1) is 13.2 Å². The lowest BCUT2D eigenvalue weighted by Gasteiger charge is -2.30. The van der Waals surface area contributed by atoms with Crippen LogP contribution in [0.25, 0.3) is 0 Å². The number of hydrogen-bond acceptors (Lipinski definition) is 4. The number of allylic oxidation sites excluding steroid dienone is 4. The minimum absolute atomic E-state index is 0.0249. The summed E-state index contributed by atoms with van der Waals surface area (Å²) in [5, 5.41) is 8.73. The lowest BCUT2D eigenvalue weighted by atomic mass is 9.85. The number of terminal acetylenes is 1. The topological polar surface area (TPSA) is 72.8 Å². The van der Waals surface area contributed by atoms with Crippen molar-refractivity contribution in [2.45, 2.75) is 70.5 Å². The van der Waals surface area contributed by atoms with Crippen LogP contribution in [-0.4, -0.2) is 35.9 Å². The van der Waals surface area contributed by atoms with Crippen molar-refractivity contribution < 1.29 is 24.2 Å². The highest BCUT2D eigenvalue weighted by molar-refractivity contribution is 5.89. The Balaban J connectivity index is 2.04. The van der Waals surface area contributed by atoms with Gasteiger partial charge in [-0.05, 0) is 37.7 Å². The molecule has 0 aromatic rings. The summed E-state index contributed by atoms with van der Waals surface area (Å²) in [6.07, 6.45) is 20.1. The van der Waals surface area contributed by atoms with Gasteiger partial charge in [-0.15, -0.1) is 12.3 Å². The Morgan fingerprint density at radius 2 is 1.93 bits per heavy atom. The summed E-state index contributed by atoms with van der Waals surface area (Å²) < 4.78 is 12.0. The molecule has 0 aromatic carbocycles. The monoisotopic (exact) mass is 402 g/mol. The molecule has 2 aliphatic rings. The van der Waals surface area contributed by atoms with E-state index in [4.69, 9.17) is 21.0 Å². The Morgan fingerprint density at radius 3 is 2.59 bits per heavy atom. The third-order valence-electron chi connectivity index (χ3n) is 5.84. The zero-order valence-corrected chi connectivity index (χ0v) is 17.5. The van der Waals surface area contributed by atoms with Crippen LogP contribution < -0.4 is 0 Å². The van der Waals surface area contributed by atoms with Gasteiger partial charge in [-0.2, -0.15) is 0 Å². The SMILES string of the molecule is C#C[C@H]1CC2(OCCO2)[C@@H](CC=CCCCC(=O)O)[C@@H]1C=CC(=O)CCCCC. The molecule has 160 valence electrons. The van der Waals surface area contributed by atoms with Crippen LogP contribution in [0.1, 0.15) is 64.7 Å². The average Bonchev–Trinajstić information content (AvgIpc) is 3.28. The van der Waals surface area contributed by atoms with Crippen LogP contribution in [0.3, 0.4) is 0 Å². The molecule has 1 N–H and O–H groups in total. The largest absolute Gasteiger partial charge is 0.481 e. The van der Waals surface area contributed by atoms with E-state index >= 15 is 0 Å². The van der Waals surface area contributed by atoms with E-state index in [2.05, 4.69) is 18.9 Å². The zero-order chi connectivity index (χ0) is 21.1. The Kier molecular flexibility index (Phi) is 9.63. The van der Waals surface area contributed by atoms with E-state index in [1.54, 1.807) is 6.08 Å². The number of hydrogen-bond donors (Lipinski definition) is 1. The maximum Gasteiger partial charge on any atom is 0.303 e. The quantitative estimate of drug-likeness (QED) is 0.225. The van der Waals surface area contributed by atoms with E-state index < -0.39 is 11.8 Å². The Hall–Kier alpha value is -1.90. The van der Waals surface area contributed by atoms with Crippen LogP contribution in [-0.2, 0) is 19.1 Å². The number of carboxylic acid groups (broad SMARTS) is 1. The summed E-state index contributed by atoms with van der Waals surface area (Å²) in [5.74, 6) is 1.62. The summed E-state index contributed by atoms with van der Waals surface area (Å²) in [5.41, 5.74) is 0. The second-order valence-electron chi connectivity index (χ2n) is 7.95. The first-order valence-electron chi connectivity index (χ1n) is 10.8. The fraction of sp³-hybridized carbons (Fsp3) is 0.667. The van der Waals surface area contributed by atoms with Crippen LogP contribution in [0.15, 0.2) is 24.3 Å². The summed E-state index contributed by atoms with van der Waals surface area (Å²) in [4.78, 5) is 22.8. The maximum atomic E-state index is 12.2. The van der Waals surface area contributed by atoms with Gasteiger partial charge < -0.3 is 14.6 Å². The van der Waals surface area contributed by atoms with Crippen LogP contribution in [0.5, 0.6) is 0 Å². The van der Waals surface area contributed by atoms with Gasteiger partial charge in [0.1, 0.15) is 0 Å². The van der Waals surface area contributed by atoms with Crippen molar-refractivity contribution in [2.75, 3.05) is 13.2 Å². The molecule has 29 heavy (non-hydrogen) atoms. The van der Waals surface area contributed by atoms with Crippen molar-refractivity contribution in [1.29, 1.82) is 0 Å². The smallest absolute Gasteiger partial charge is 0.303 e. The van der Waals surface area contributed by atoms with Gasteiger partial charge in [-0.1, -0.05) is 38.0 Å². The fourth-order valence-electron chi connectivity index (χ4n) is 4.33. The summed E-state index contributed by atoms with van der Waals surface area (Å²) >= 11 is 0. The van der Waals surface area contributed by atoms with E-state index in [0.29, 0.717) is 32.5 Å². The molecule has 1 heterocycles. The first-order valence-corrected chi connectivity index (χ1v) is 10.8. The second-order valence-corrected chi connectivity index (χ2v) is 7.95. The molecule has 0 amide bonds. The molecule has 0 unspecified atom stereocenters. The molecule has 2 rings (SSSR count). The number of carboxylic acids is 1. The van der Waals surface area contributed by atoms with Crippen LogP contribution in [0.2, 0.25) is 0 Å². The highest BCUT2D eigenvalue weighted by atomic mass is 16.7.